The normalized spacial score (nSPS) is 11.3. The van der Waals surface area contributed by atoms with Crippen LogP contribution in [0.1, 0.15) is 0 Å². The molecule has 0 fully saturated rings. The Labute approximate surface area is 174 Å². The third kappa shape index (κ3) is 4.23. The molecule has 4 nitrogen and oxygen atoms in total. The highest BCUT2D eigenvalue weighted by Crippen LogP contribution is 2.37. The summed E-state index contributed by atoms with van der Waals surface area (Å²) in [4.78, 5) is 6.63. The third-order valence-corrected chi connectivity index (χ3v) is 5.89. The van der Waals surface area contributed by atoms with Gasteiger partial charge in [0.15, 0.2) is 4.80 Å². The summed E-state index contributed by atoms with van der Waals surface area (Å²) < 4.78 is 13.4. The molecule has 0 saturated carbocycles. The summed E-state index contributed by atoms with van der Waals surface area (Å²) in [6, 6.07) is 7.36. The summed E-state index contributed by atoms with van der Waals surface area (Å²) in [6.07, 6.45) is 0. The number of ether oxygens (including phenoxy) is 2. The molecule has 2 aromatic heterocycles. The maximum Gasteiger partial charge on any atom is 0.190 e. The van der Waals surface area contributed by atoms with E-state index >= 15 is 0 Å². The highest BCUT2D eigenvalue weighted by atomic mass is 79.9. The van der Waals surface area contributed by atoms with Gasteiger partial charge >= 0.3 is 0 Å². The average molecular weight is 482 g/mol. The van der Waals surface area contributed by atoms with Crippen LogP contribution in [0, 0.1) is 0 Å². The molecule has 134 valence electrons. The molecular weight excluding hydrogens is 467 g/mol. The molecule has 0 bridgehead atoms. The van der Waals surface area contributed by atoms with Crippen LogP contribution in [0.25, 0.3) is 10.6 Å². The number of benzene rings is 1. The number of halogens is 3. The molecule has 0 aliphatic carbocycles. The molecule has 3 aromatic rings. The van der Waals surface area contributed by atoms with E-state index in [9.17, 15) is 0 Å². The van der Waals surface area contributed by atoms with E-state index in [1.165, 1.54) is 11.3 Å². The van der Waals surface area contributed by atoms with E-state index in [4.69, 9.17) is 37.7 Å². The Kier molecular flexibility index (Phi) is 6.99. The van der Waals surface area contributed by atoms with E-state index in [0.717, 1.165) is 19.7 Å². The first-order valence-electron chi connectivity index (χ1n) is 6.90. The minimum absolute atomic E-state index is 0. The Balaban J connectivity index is 0.00000225. The van der Waals surface area contributed by atoms with Crippen LogP contribution in [0.4, 0.5) is 5.69 Å². The quantitative estimate of drug-likeness (QED) is 0.461. The van der Waals surface area contributed by atoms with Gasteiger partial charge in [-0.2, -0.15) is 0 Å². The van der Waals surface area contributed by atoms with Crippen LogP contribution < -0.4 is 14.3 Å². The summed E-state index contributed by atoms with van der Waals surface area (Å²) in [7, 11) is 5.13. The zero-order valence-electron chi connectivity index (χ0n) is 13.6. The van der Waals surface area contributed by atoms with Crippen molar-refractivity contribution in [2.75, 3.05) is 14.2 Å². The van der Waals surface area contributed by atoms with Gasteiger partial charge in [0.25, 0.3) is 0 Å². The smallest absolute Gasteiger partial charge is 0.190 e. The fourth-order valence-electron chi connectivity index (χ4n) is 2.18. The van der Waals surface area contributed by atoms with Crippen LogP contribution in [-0.4, -0.2) is 18.8 Å². The minimum Gasteiger partial charge on any atom is -0.495 e. The monoisotopic (exact) mass is 480 g/mol. The lowest BCUT2D eigenvalue weighted by Crippen LogP contribution is -2.10. The lowest BCUT2D eigenvalue weighted by molar-refractivity contribution is 0.404. The Morgan fingerprint density at radius 2 is 1.80 bits per heavy atom. The fourth-order valence-corrected chi connectivity index (χ4v) is 4.49. The van der Waals surface area contributed by atoms with Gasteiger partial charge in [-0.3, -0.25) is 0 Å². The van der Waals surface area contributed by atoms with Gasteiger partial charge in [0.05, 0.1) is 34.1 Å². The third-order valence-electron chi connectivity index (χ3n) is 3.42. The van der Waals surface area contributed by atoms with Crippen molar-refractivity contribution in [3.05, 3.63) is 43.8 Å². The van der Waals surface area contributed by atoms with Crippen molar-refractivity contribution >= 4 is 68.5 Å². The number of aromatic nitrogens is 1. The maximum absolute atomic E-state index is 6.14. The molecule has 2 heterocycles. The predicted molar refractivity (Wildman–Crippen MR) is 112 cm³/mol. The molecule has 0 saturated heterocycles. The second-order valence-corrected chi connectivity index (χ2v) is 7.80. The van der Waals surface area contributed by atoms with E-state index in [2.05, 4.69) is 5.38 Å². The van der Waals surface area contributed by atoms with Gasteiger partial charge in [-0.05, 0) is 12.1 Å². The number of methoxy groups -OCH3 is 2. The van der Waals surface area contributed by atoms with Gasteiger partial charge in [-0.25, -0.2) is 4.99 Å². The van der Waals surface area contributed by atoms with Crippen LogP contribution >= 0.6 is 62.9 Å². The molecule has 1 aromatic carbocycles. The van der Waals surface area contributed by atoms with Gasteiger partial charge in [0.2, 0.25) is 0 Å². The predicted octanol–water partition coefficient (Wildman–Crippen LogP) is 5.95. The van der Waals surface area contributed by atoms with Crippen molar-refractivity contribution < 1.29 is 9.47 Å². The molecule has 0 atom stereocenters. The summed E-state index contributed by atoms with van der Waals surface area (Å²) in [5, 5.41) is 2.54. The molecule has 9 heteroatoms. The van der Waals surface area contributed by atoms with Crippen molar-refractivity contribution in [2.45, 2.75) is 0 Å². The fraction of sp³-hybridized carbons (Fsp3) is 0.188. The molecular formula is C16H15BrCl2N2O2S2. The molecule has 0 radical (unpaired) electrons. The number of nitrogens with zero attached hydrogens (tertiary/aromatic N) is 2. The minimum atomic E-state index is 0. The van der Waals surface area contributed by atoms with Gasteiger partial charge in [-0.15, -0.1) is 39.7 Å². The molecule has 0 aliphatic heterocycles. The number of thiazole rings is 1. The van der Waals surface area contributed by atoms with Gasteiger partial charge in [0.1, 0.15) is 17.2 Å². The van der Waals surface area contributed by atoms with Crippen molar-refractivity contribution in [1.29, 1.82) is 0 Å². The zero-order valence-corrected chi connectivity index (χ0v) is 18.4. The molecule has 25 heavy (non-hydrogen) atoms. The second-order valence-electron chi connectivity index (χ2n) is 4.84. The van der Waals surface area contributed by atoms with Gasteiger partial charge in [-0.1, -0.05) is 23.2 Å². The van der Waals surface area contributed by atoms with Crippen molar-refractivity contribution in [3.8, 4) is 22.1 Å². The summed E-state index contributed by atoms with van der Waals surface area (Å²) >= 11 is 15.3. The molecule has 3 rings (SSSR count). The molecule has 0 N–H and O–H groups in total. The van der Waals surface area contributed by atoms with Crippen molar-refractivity contribution in [2.24, 2.45) is 12.0 Å². The van der Waals surface area contributed by atoms with E-state index < -0.39 is 0 Å². The lowest BCUT2D eigenvalue weighted by atomic mass is 10.3. The van der Waals surface area contributed by atoms with Crippen LogP contribution in [0.2, 0.25) is 9.36 Å². The van der Waals surface area contributed by atoms with Crippen molar-refractivity contribution in [1.82, 2.24) is 4.57 Å². The molecule has 0 aliphatic rings. The zero-order chi connectivity index (χ0) is 17.3. The van der Waals surface area contributed by atoms with Crippen LogP contribution in [-0.2, 0) is 7.05 Å². The standard InChI is InChI=1S/C16H14Cl2N2O2S2.BrH/c1-20-11(14-4-5-15(18)24-14)8-23-16(20)19-10-7-12(21-2)9(17)6-13(10)22-3;/h4-8H,1-3H3;1H. The first kappa shape index (κ1) is 20.3. The van der Waals surface area contributed by atoms with Gasteiger partial charge < -0.3 is 14.0 Å². The number of hydrogen-bond acceptors (Lipinski definition) is 5. The van der Waals surface area contributed by atoms with Gasteiger partial charge in [0, 0.05) is 24.6 Å². The van der Waals surface area contributed by atoms with Crippen LogP contribution in [0.5, 0.6) is 11.5 Å². The lowest BCUT2D eigenvalue weighted by Gasteiger charge is -2.08. The van der Waals surface area contributed by atoms with E-state index in [1.54, 1.807) is 37.7 Å². The van der Waals surface area contributed by atoms with E-state index in [0.29, 0.717) is 22.2 Å². The molecule has 0 amide bonds. The topological polar surface area (TPSA) is 35.8 Å². The highest BCUT2D eigenvalue weighted by Gasteiger charge is 2.11. The summed E-state index contributed by atoms with van der Waals surface area (Å²) in [5.74, 6) is 1.15. The molecule has 0 spiro atoms. The summed E-state index contributed by atoms with van der Waals surface area (Å²) in [6.45, 7) is 0. The van der Waals surface area contributed by atoms with Crippen LogP contribution in [0.15, 0.2) is 34.6 Å². The SMILES string of the molecule is Br.COc1cc(N=c2scc(-c3ccc(Cl)s3)n2C)c(OC)cc1Cl. The first-order chi connectivity index (χ1) is 11.5. The maximum atomic E-state index is 6.14. The largest absolute Gasteiger partial charge is 0.495 e. The number of rotatable bonds is 4. The average Bonchev–Trinajstić information content (AvgIpc) is 3.15. The number of hydrogen-bond donors (Lipinski definition) is 0. The van der Waals surface area contributed by atoms with Crippen LogP contribution in [0.3, 0.4) is 0 Å². The van der Waals surface area contributed by atoms with Crippen molar-refractivity contribution in [3.63, 3.8) is 0 Å². The Morgan fingerprint density at radius 3 is 2.40 bits per heavy atom. The Bertz CT molecular complexity index is 950. The Hall–Kier alpha value is -0.990. The first-order valence-corrected chi connectivity index (χ1v) is 9.35. The second kappa shape index (κ2) is 8.60. The van der Waals surface area contributed by atoms with E-state index in [1.807, 2.05) is 23.7 Å². The highest BCUT2D eigenvalue weighted by molar-refractivity contribution is 8.93. The molecule has 0 unspecified atom stereocenters. The number of thiophene rings is 1. The Morgan fingerprint density at radius 1 is 1.08 bits per heavy atom. The van der Waals surface area contributed by atoms with E-state index in [-0.39, 0.29) is 17.0 Å². The summed E-state index contributed by atoms with van der Waals surface area (Å²) in [5.41, 5.74) is 1.72.